The van der Waals surface area contributed by atoms with Gasteiger partial charge in [-0.25, -0.2) is 0 Å². The van der Waals surface area contributed by atoms with E-state index < -0.39 is 0 Å². The van der Waals surface area contributed by atoms with Gasteiger partial charge >= 0.3 is 0 Å². The number of nitrogens with zero attached hydrogens (tertiary/aromatic N) is 2. The van der Waals surface area contributed by atoms with Gasteiger partial charge in [0.15, 0.2) is 5.78 Å². The van der Waals surface area contributed by atoms with Crippen LogP contribution in [0.15, 0.2) is 18.3 Å². The minimum absolute atomic E-state index is 0.198. The van der Waals surface area contributed by atoms with Gasteiger partial charge in [-0.05, 0) is 30.9 Å². The van der Waals surface area contributed by atoms with E-state index in [4.69, 9.17) is 0 Å². The van der Waals surface area contributed by atoms with Crippen molar-refractivity contribution in [2.45, 2.75) is 19.3 Å². The Bertz CT molecular complexity index is 419. The molecule has 1 N–H and O–H groups in total. The molecule has 1 aliphatic carbocycles. The minimum atomic E-state index is 0.198. The lowest BCUT2D eigenvalue weighted by molar-refractivity contribution is 0.0971. The van der Waals surface area contributed by atoms with Crippen molar-refractivity contribution in [3.05, 3.63) is 24.0 Å². The highest BCUT2D eigenvalue weighted by atomic mass is 16.1. The lowest BCUT2D eigenvalue weighted by atomic mass is 10.1. The molecule has 96 valence electrons. The highest BCUT2D eigenvalue weighted by Crippen LogP contribution is 2.33. The summed E-state index contributed by atoms with van der Waals surface area (Å²) < 4.78 is 0. The van der Waals surface area contributed by atoms with Gasteiger partial charge < -0.3 is 10.2 Å². The molecule has 2 heterocycles. The molecule has 1 aliphatic heterocycles. The Kier molecular flexibility index (Phi) is 3.28. The first kappa shape index (κ1) is 11.7. The Hall–Kier alpha value is -1.42. The predicted molar refractivity (Wildman–Crippen MR) is 71.0 cm³/mol. The SMILES string of the molecule is O=C(CC1CC1)c1ccc(N2CCNCC2)cn1. The minimum Gasteiger partial charge on any atom is -0.368 e. The molecule has 0 aromatic carbocycles. The molecule has 3 rings (SSSR count). The molecular weight excluding hydrogens is 226 g/mol. The maximum Gasteiger partial charge on any atom is 0.181 e. The second kappa shape index (κ2) is 5.06. The Morgan fingerprint density at radius 1 is 1.33 bits per heavy atom. The highest BCUT2D eigenvalue weighted by molar-refractivity contribution is 5.94. The number of carbonyl (C=O) groups is 1. The summed E-state index contributed by atoms with van der Waals surface area (Å²) >= 11 is 0. The molecule has 0 unspecified atom stereocenters. The maximum absolute atomic E-state index is 11.9. The van der Waals surface area contributed by atoms with Gasteiger partial charge in [-0.2, -0.15) is 0 Å². The number of anilines is 1. The molecule has 0 amide bonds. The highest BCUT2D eigenvalue weighted by Gasteiger charge is 2.25. The lowest BCUT2D eigenvalue weighted by Crippen LogP contribution is -2.43. The number of carbonyl (C=O) groups excluding carboxylic acids is 1. The monoisotopic (exact) mass is 245 g/mol. The van der Waals surface area contributed by atoms with E-state index in [2.05, 4.69) is 15.2 Å². The van der Waals surface area contributed by atoms with Crippen LogP contribution in [0.25, 0.3) is 0 Å². The first-order valence-electron chi connectivity index (χ1n) is 6.78. The quantitative estimate of drug-likeness (QED) is 0.816. The maximum atomic E-state index is 11.9. The zero-order chi connectivity index (χ0) is 12.4. The van der Waals surface area contributed by atoms with Crippen LogP contribution < -0.4 is 10.2 Å². The number of piperazine rings is 1. The molecule has 1 aromatic heterocycles. The summed E-state index contributed by atoms with van der Waals surface area (Å²) in [7, 11) is 0. The molecule has 4 nitrogen and oxygen atoms in total. The van der Waals surface area contributed by atoms with Crippen molar-refractivity contribution in [2.75, 3.05) is 31.1 Å². The number of hydrogen-bond acceptors (Lipinski definition) is 4. The van der Waals surface area contributed by atoms with Crippen LogP contribution in [0.4, 0.5) is 5.69 Å². The van der Waals surface area contributed by atoms with Gasteiger partial charge in [-0.1, -0.05) is 0 Å². The molecule has 4 heteroatoms. The molecule has 0 bridgehead atoms. The standard InChI is InChI=1S/C14H19N3O/c18-14(9-11-1-2-11)13-4-3-12(10-16-13)17-7-5-15-6-8-17/h3-4,10-11,15H,1-2,5-9H2. The summed E-state index contributed by atoms with van der Waals surface area (Å²) in [5, 5.41) is 3.33. The van der Waals surface area contributed by atoms with E-state index in [-0.39, 0.29) is 5.78 Å². The van der Waals surface area contributed by atoms with Gasteiger partial charge in [0.25, 0.3) is 0 Å². The summed E-state index contributed by atoms with van der Waals surface area (Å²) in [6.07, 6.45) is 4.95. The van der Waals surface area contributed by atoms with Crippen LogP contribution in [0.1, 0.15) is 29.8 Å². The van der Waals surface area contributed by atoms with Crippen molar-refractivity contribution in [3.63, 3.8) is 0 Å². The number of ketones is 1. The van der Waals surface area contributed by atoms with E-state index in [1.165, 1.54) is 12.8 Å². The summed E-state index contributed by atoms with van der Waals surface area (Å²) in [6, 6.07) is 3.90. The average molecular weight is 245 g/mol. The fraction of sp³-hybridized carbons (Fsp3) is 0.571. The van der Waals surface area contributed by atoms with Crippen LogP contribution in [0.2, 0.25) is 0 Å². The van der Waals surface area contributed by atoms with E-state index in [0.717, 1.165) is 31.9 Å². The molecule has 0 spiro atoms. The van der Waals surface area contributed by atoms with Crippen LogP contribution in [0.5, 0.6) is 0 Å². The molecule has 1 saturated carbocycles. The Morgan fingerprint density at radius 3 is 2.72 bits per heavy atom. The summed E-state index contributed by atoms with van der Waals surface area (Å²) in [5.41, 5.74) is 1.75. The second-order valence-corrected chi connectivity index (χ2v) is 5.21. The Balaban J connectivity index is 1.65. The normalized spacial score (nSPS) is 19.9. The zero-order valence-electron chi connectivity index (χ0n) is 10.6. The summed E-state index contributed by atoms with van der Waals surface area (Å²) in [5.74, 6) is 0.830. The van der Waals surface area contributed by atoms with E-state index in [9.17, 15) is 4.79 Å². The van der Waals surface area contributed by atoms with Crippen LogP contribution in [0, 0.1) is 5.92 Å². The average Bonchev–Trinajstić information content (AvgIpc) is 3.24. The molecule has 2 fully saturated rings. The third-order valence-corrected chi connectivity index (χ3v) is 3.69. The zero-order valence-corrected chi connectivity index (χ0v) is 10.6. The molecule has 18 heavy (non-hydrogen) atoms. The van der Waals surface area contributed by atoms with Gasteiger partial charge in [0, 0.05) is 32.6 Å². The second-order valence-electron chi connectivity index (χ2n) is 5.21. The number of pyridine rings is 1. The third kappa shape index (κ3) is 2.70. The smallest absolute Gasteiger partial charge is 0.181 e. The van der Waals surface area contributed by atoms with Crippen LogP contribution in [0.3, 0.4) is 0 Å². The van der Waals surface area contributed by atoms with Crippen molar-refractivity contribution < 1.29 is 4.79 Å². The van der Waals surface area contributed by atoms with Crippen LogP contribution >= 0.6 is 0 Å². The number of hydrogen-bond donors (Lipinski definition) is 1. The number of rotatable bonds is 4. The van der Waals surface area contributed by atoms with Gasteiger partial charge in [-0.15, -0.1) is 0 Å². The number of aromatic nitrogens is 1. The molecule has 0 radical (unpaired) electrons. The molecule has 1 saturated heterocycles. The molecule has 0 atom stereocenters. The fourth-order valence-electron chi connectivity index (χ4n) is 2.35. The molecule has 1 aromatic rings. The fourth-order valence-corrected chi connectivity index (χ4v) is 2.35. The van der Waals surface area contributed by atoms with Crippen LogP contribution in [-0.4, -0.2) is 36.9 Å². The Morgan fingerprint density at radius 2 is 2.11 bits per heavy atom. The number of nitrogens with one attached hydrogen (secondary N) is 1. The van der Waals surface area contributed by atoms with Crippen molar-refractivity contribution in [3.8, 4) is 0 Å². The van der Waals surface area contributed by atoms with Gasteiger partial charge in [0.2, 0.25) is 0 Å². The van der Waals surface area contributed by atoms with E-state index >= 15 is 0 Å². The first-order valence-corrected chi connectivity index (χ1v) is 6.78. The van der Waals surface area contributed by atoms with E-state index in [0.29, 0.717) is 18.0 Å². The Labute approximate surface area is 107 Å². The van der Waals surface area contributed by atoms with Gasteiger partial charge in [0.05, 0.1) is 11.9 Å². The van der Waals surface area contributed by atoms with E-state index in [1.54, 1.807) is 0 Å². The first-order chi connectivity index (χ1) is 8.83. The topological polar surface area (TPSA) is 45.2 Å². The number of Topliss-reactive ketones (excluding diaryl/α,β-unsaturated/α-hetero) is 1. The van der Waals surface area contributed by atoms with Crippen LogP contribution in [-0.2, 0) is 0 Å². The predicted octanol–water partition coefficient (Wildman–Crippen LogP) is 1.47. The molecular formula is C14H19N3O. The van der Waals surface area contributed by atoms with Crippen molar-refractivity contribution in [2.24, 2.45) is 5.92 Å². The summed E-state index contributed by atoms with van der Waals surface area (Å²) in [6.45, 7) is 4.05. The van der Waals surface area contributed by atoms with E-state index in [1.807, 2.05) is 18.3 Å². The van der Waals surface area contributed by atoms with Crippen molar-refractivity contribution in [1.29, 1.82) is 0 Å². The largest absolute Gasteiger partial charge is 0.368 e. The van der Waals surface area contributed by atoms with Gasteiger partial charge in [0.1, 0.15) is 5.69 Å². The van der Waals surface area contributed by atoms with Gasteiger partial charge in [-0.3, -0.25) is 9.78 Å². The third-order valence-electron chi connectivity index (χ3n) is 3.69. The van der Waals surface area contributed by atoms with Crippen molar-refractivity contribution in [1.82, 2.24) is 10.3 Å². The summed E-state index contributed by atoms with van der Waals surface area (Å²) in [4.78, 5) is 18.5. The van der Waals surface area contributed by atoms with Crippen molar-refractivity contribution >= 4 is 11.5 Å². The lowest BCUT2D eigenvalue weighted by Gasteiger charge is -2.29. The molecule has 2 aliphatic rings.